The molecule has 41 heavy (non-hydrogen) atoms. The first-order valence-corrected chi connectivity index (χ1v) is 14.3. The van der Waals surface area contributed by atoms with E-state index < -0.39 is 27.9 Å². The molecule has 214 valence electrons. The van der Waals surface area contributed by atoms with E-state index in [1.807, 2.05) is 0 Å². The Balaban J connectivity index is 1.48. The molecule has 0 spiro atoms. The summed E-state index contributed by atoms with van der Waals surface area (Å²) >= 11 is 0. The van der Waals surface area contributed by atoms with Gasteiger partial charge in [0, 0.05) is 23.6 Å². The molecule has 3 aromatic carbocycles. The van der Waals surface area contributed by atoms with Crippen molar-refractivity contribution in [2.45, 2.75) is 38.6 Å². The molecule has 1 heterocycles. The summed E-state index contributed by atoms with van der Waals surface area (Å²) in [5.74, 6) is -1.48. The standard InChI is InChI=1S/C30H31N3O7S/c1-17(2)27(30(36)39-5)33-41(37,38)23-15-11-21(12-16-23)20-9-13-22(14-10-20)32-29(35)28-18(3)26-24(31-19(4)34)7-6-8-25(26)40-28/h6-17,27,33H,1-5H3,(H,31,34)(H,32,35). The van der Waals surface area contributed by atoms with Crippen LogP contribution in [0.25, 0.3) is 22.1 Å². The van der Waals surface area contributed by atoms with Gasteiger partial charge in [-0.3, -0.25) is 14.4 Å². The zero-order valence-corrected chi connectivity index (χ0v) is 24.1. The molecule has 4 rings (SSSR count). The Bertz CT molecular complexity index is 1710. The Labute approximate surface area is 238 Å². The highest BCUT2D eigenvalue weighted by atomic mass is 32.2. The Kier molecular flexibility index (Phi) is 8.60. The molecule has 1 atom stereocenters. The lowest BCUT2D eigenvalue weighted by Gasteiger charge is -2.19. The van der Waals surface area contributed by atoms with Crippen molar-refractivity contribution in [1.29, 1.82) is 0 Å². The van der Waals surface area contributed by atoms with Gasteiger partial charge in [0.15, 0.2) is 5.76 Å². The molecular weight excluding hydrogens is 546 g/mol. The van der Waals surface area contributed by atoms with E-state index in [-0.39, 0.29) is 22.5 Å². The number of ether oxygens (including phenoxy) is 1. The Morgan fingerprint density at radius 3 is 2.05 bits per heavy atom. The molecule has 0 saturated carbocycles. The molecule has 11 heteroatoms. The first-order chi connectivity index (χ1) is 19.4. The SMILES string of the molecule is COC(=O)C(NS(=O)(=O)c1ccc(-c2ccc(NC(=O)c3oc4cccc(NC(C)=O)c4c3C)cc2)cc1)C(C)C. The number of rotatable bonds is 9. The number of anilines is 2. The average Bonchev–Trinajstić information content (AvgIpc) is 3.28. The number of aryl methyl sites for hydroxylation is 1. The van der Waals surface area contributed by atoms with Gasteiger partial charge >= 0.3 is 5.97 Å². The molecule has 0 saturated heterocycles. The van der Waals surface area contributed by atoms with E-state index >= 15 is 0 Å². The predicted molar refractivity (Wildman–Crippen MR) is 156 cm³/mol. The van der Waals surface area contributed by atoms with E-state index in [4.69, 9.17) is 9.15 Å². The number of hydrogen-bond acceptors (Lipinski definition) is 7. The zero-order chi connectivity index (χ0) is 29.9. The molecule has 0 aliphatic heterocycles. The third-order valence-electron chi connectivity index (χ3n) is 6.52. The number of esters is 1. The first-order valence-electron chi connectivity index (χ1n) is 12.8. The van der Waals surface area contributed by atoms with Gasteiger partial charge in [-0.15, -0.1) is 0 Å². The summed E-state index contributed by atoms with van der Waals surface area (Å²) in [6, 6.07) is 17.5. The highest BCUT2D eigenvalue weighted by Crippen LogP contribution is 2.32. The van der Waals surface area contributed by atoms with E-state index in [0.717, 1.165) is 11.1 Å². The van der Waals surface area contributed by atoms with Gasteiger partial charge in [-0.25, -0.2) is 8.42 Å². The summed E-state index contributed by atoms with van der Waals surface area (Å²) in [5, 5.41) is 6.24. The monoisotopic (exact) mass is 577 g/mol. The second-order valence-corrected chi connectivity index (χ2v) is 11.6. The molecular formula is C30H31N3O7S. The van der Waals surface area contributed by atoms with E-state index in [1.54, 1.807) is 75.4 Å². The summed E-state index contributed by atoms with van der Waals surface area (Å²) < 4.78 is 38.6. The van der Waals surface area contributed by atoms with Gasteiger partial charge in [0.05, 0.1) is 17.7 Å². The number of furan rings is 1. The maximum absolute atomic E-state index is 13.0. The zero-order valence-electron chi connectivity index (χ0n) is 23.3. The fraction of sp³-hybridized carbons (Fsp3) is 0.233. The lowest BCUT2D eigenvalue weighted by molar-refractivity contribution is -0.143. The molecule has 0 radical (unpaired) electrons. The predicted octanol–water partition coefficient (Wildman–Crippen LogP) is 5.09. The molecule has 3 N–H and O–H groups in total. The number of amides is 2. The number of benzene rings is 3. The minimum Gasteiger partial charge on any atom is -0.468 e. The quantitative estimate of drug-likeness (QED) is 0.235. The number of carbonyl (C=O) groups is 3. The molecule has 0 aliphatic rings. The van der Waals surface area contributed by atoms with Crippen molar-refractivity contribution in [3.05, 3.63) is 78.1 Å². The molecule has 1 aromatic heterocycles. The van der Waals surface area contributed by atoms with Crippen LogP contribution in [0.2, 0.25) is 0 Å². The van der Waals surface area contributed by atoms with Crippen LogP contribution in [0, 0.1) is 12.8 Å². The van der Waals surface area contributed by atoms with E-state index in [1.165, 1.54) is 26.2 Å². The van der Waals surface area contributed by atoms with E-state index in [0.29, 0.717) is 27.9 Å². The largest absolute Gasteiger partial charge is 0.468 e. The maximum Gasteiger partial charge on any atom is 0.324 e. The lowest BCUT2D eigenvalue weighted by Crippen LogP contribution is -2.44. The van der Waals surface area contributed by atoms with Gasteiger partial charge in [-0.2, -0.15) is 4.72 Å². The normalized spacial score (nSPS) is 12.2. The number of sulfonamides is 1. The lowest BCUT2D eigenvalue weighted by atomic mass is 10.1. The number of nitrogens with one attached hydrogen (secondary N) is 3. The van der Waals surface area contributed by atoms with Crippen molar-refractivity contribution in [2.75, 3.05) is 17.7 Å². The summed E-state index contributed by atoms with van der Waals surface area (Å²) in [7, 11) is -2.74. The molecule has 0 aliphatic carbocycles. The molecule has 2 amide bonds. The van der Waals surface area contributed by atoms with Gasteiger partial charge < -0.3 is 19.8 Å². The fourth-order valence-corrected chi connectivity index (χ4v) is 5.73. The molecule has 0 fully saturated rings. The third kappa shape index (κ3) is 6.47. The topological polar surface area (TPSA) is 144 Å². The van der Waals surface area contributed by atoms with Crippen molar-refractivity contribution >= 4 is 50.2 Å². The van der Waals surface area contributed by atoms with Gasteiger partial charge in [-0.05, 0) is 60.4 Å². The van der Waals surface area contributed by atoms with Gasteiger partial charge in [0.25, 0.3) is 5.91 Å². The van der Waals surface area contributed by atoms with E-state index in [2.05, 4.69) is 15.4 Å². The van der Waals surface area contributed by atoms with Crippen LogP contribution in [-0.2, 0) is 24.3 Å². The second kappa shape index (κ2) is 11.9. The average molecular weight is 578 g/mol. The fourth-order valence-electron chi connectivity index (χ4n) is 4.39. The minimum atomic E-state index is -3.96. The van der Waals surface area contributed by atoms with Crippen molar-refractivity contribution in [3.63, 3.8) is 0 Å². The summed E-state index contributed by atoms with van der Waals surface area (Å²) in [6.45, 7) is 6.62. The van der Waals surface area contributed by atoms with Crippen molar-refractivity contribution in [1.82, 2.24) is 4.72 Å². The Morgan fingerprint density at radius 2 is 1.49 bits per heavy atom. The van der Waals surface area contributed by atoms with Crippen LogP contribution >= 0.6 is 0 Å². The van der Waals surface area contributed by atoms with Crippen LogP contribution in [0.3, 0.4) is 0 Å². The Morgan fingerprint density at radius 1 is 0.878 bits per heavy atom. The highest BCUT2D eigenvalue weighted by molar-refractivity contribution is 7.89. The van der Waals surface area contributed by atoms with Crippen LogP contribution in [-0.4, -0.2) is 39.4 Å². The maximum atomic E-state index is 13.0. The van der Waals surface area contributed by atoms with Gasteiger partial charge in [-0.1, -0.05) is 44.2 Å². The molecule has 10 nitrogen and oxygen atoms in total. The van der Waals surface area contributed by atoms with Crippen LogP contribution in [0.4, 0.5) is 11.4 Å². The van der Waals surface area contributed by atoms with Crippen molar-refractivity contribution < 1.29 is 32.0 Å². The van der Waals surface area contributed by atoms with Crippen molar-refractivity contribution in [3.8, 4) is 11.1 Å². The first kappa shape index (κ1) is 29.5. The third-order valence-corrected chi connectivity index (χ3v) is 7.97. The van der Waals surface area contributed by atoms with Crippen LogP contribution in [0.5, 0.6) is 0 Å². The van der Waals surface area contributed by atoms with Gasteiger partial charge in [0.2, 0.25) is 15.9 Å². The number of methoxy groups -OCH3 is 1. The number of carbonyl (C=O) groups excluding carboxylic acids is 3. The smallest absolute Gasteiger partial charge is 0.324 e. The second-order valence-electron chi connectivity index (χ2n) is 9.84. The summed E-state index contributed by atoms with van der Waals surface area (Å²) in [6.07, 6.45) is 0. The van der Waals surface area contributed by atoms with Crippen molar-refractivity contribution in [2.24, 2.45) is 5.92 Å². The minimum absolute atomic E-state index is 0.0163. The van der Waals surface area contributed by atoms with Crippen LogP contribution in [0.15, 0.2) is 76.0 Å². The van der Waals surface area contributed by atoms with E-state index in [9.17, 15) is 22.8 Å². The van der Waals surface area contributed by atoms with Crippen LogP contribution in [0.1, 0.15) is 36.9 Å². The molecule has 4 aromatic rings. The molecule has 1 unspecified atom stereocenters. The summed E-state index contributed by atoms with van der Waals surface area (Å²) in [5.41, 5.74) is 3.75. The number of fused-ring (bicyclic) bond motifs is 1. The molecule has 0 bridgehead atoms. The van der Waals surface area contributed by atoms with Gasteiger partial charge in [0.1, 0.15) is 11.6 Å². The highest BCUT2D eigenvalue weighted by Gasteiger charge is 2.29. The van der Waals surface area contributed by atoms with Crippen LogP contribution < -0.4 is 15.4 Å². The summed E-state index contributed by atoms with van der Waals surface area (Å²) in [4.78, 5) is 36.6. The Hall–Kier alpha value is -4.48. The number of hydrogen-bond donors (Lipinski definition) is 3.